The van der Waals surface area contributed by atoms with Gasteiger partial charge in [0.25, 0.3) is 0 Å². The molecule has 0 radical (unpaired) electrons. The van der Waals surface area contributed by atoms with E-state index in [0.717, 1.165) is 22.2 Å². The molecule has 2 aromatic carbocycles. The molecule has 3 aromatic rings. The largest absolute Gasteiger partial charge is 0.253 e. The lowest BCUT2D eigenvalue weighted by atomic mass is 10.2. The molecule has 0 amide bonds. The number of nitrogens with one attached hydrogen (secondary N) is 1. The van der Waals surface area contributed by atoms with Gasteiger partial charge in [-0.15, -0.1) is 0 Å². The van der Waals surface area contributed by atoms with Crippen molar-refractivity contribution < 1.29 is 8.42 Å². The highest BCUT2D eigenvalue weighted by Crippen LogP contribution is 2.20. The first-order valence-corrected chi connectivity index (χ1v) is 8.77. The van der Waals surface area contributed by atoms with E-state index < -0.39 is 10.0 Å². The Morgan fingerprint density at radius 3 is 2.52 bits per heavy atom. The van der Waals surface area contributed by atoms with Crippen LogP contribution in [0.15, 0.2) is 53.7 Å². The molecule has 1 heterocycles. The molecule has 0 atom stereocenters. The zero-order chi connectivity index (χ0) is 16.4. The van der Waals surface area contributed by atoms with Gasteiger partial charge in [-0.1, -0.05) is 23.7 Å². The van der Waals surface area contributed by atoms with Crippen LogP contribution in [0.1, 0.15) is 11.1 Å². The predicted molar refractivity (Wildman–Crippen MR) is 89.8 cm³/mol. The Morgan fingerprint density at radius 2 is 1.78 bits per heavy atom. The van der Waals surface area contributed by atoms with E-state index in [9.17, 15) is 8.42 Å². The van der Waals surface area contributed by atoms with E-state index in [1.807, 2.05) is 25.1 Å². The summed E-state index contributed by atoms with van der Waals surface area (Å²) in [5, 5.41) is 0.425. The number of hydrogen-bond acceptors (Lipinski definition) is 4. The summed E-state index contributed by atoms with van der Waals surface area (Å²) >= 11 is 5.99. The van der Waals surface area contributed by atoms with Crippen LogP contribution in [-0.4, -0.2) is 18.4 Å². The van der Waals surface area contributed by atoms with E-state index in [-0.39, 0.29) is 11.4 Å². The lowest BCUT2D eigenvalue weighted by molar-refractivity contribution is 0.581. The van der Waals surface area contributed by atoms with Gasteiger partial charge in [0.05, 0.1) is 15.9 Å². The number of benzene rings is 2. The average Bonchev–Trinajstić information content (AvgIpc) is 2.55. The van der Waals surface area contributed by atoms with Crippen LogP contribution >= 0.6 is 11.6 Å². The highest BCUT2D eigenvalue weighted by molar-refractivity contribution is 7.89. The molecule has 0 bridgehead atoms. The topological polar surface area (TPSA) is 72.0 Å². The van der Waals surface area contributed by atoms with Gasteiger partial charge in [-0.2, -0.15) is 0 Å². The molecule has 0 fully saturated rings. The summed E-state index contributed by atoms with van der Waals surface area (Å²) in [6.45, 7) is 1.99. The Kier molecular flexibility index (Phi) is 4.30. The zero-order valence-corrected chi connectivity index (χ0v) is 13.9. The first kappa shape index (κ1) is 15.9. The molecule has 5 nitrogen and oxygen atoms in total. The Labute approximate surface area is 139 Å². The lowest BCUT2D eigenvalue weighted by Gasteiger charge is -2.08. The van der Waals surface area contributed by atoms with E-state index in [1.54, 1.807) is 18.5 Å². The highest BCUT2D eigenvalue weighted by atomic mass is 35.5. The molecule has 118 valence electrons. The van der Waals surface area contributed by atoms with E-state index >= 15 is 0 Å². The van der Waals surface area contributed by atoms with Crippen LogP contribution in [0.25, 0.3) is 11.0 Å². The van der Waals surface area contributed by atoms with Gasteiger partial charge in [-0.3, -0.25) is 9.97 Å². The van der Waals surface area contributed by atoms with Crippen LogP contribution < -0.4 is 4.72 Å². The summed E-state index contributed by atoms with van der Waals surface area (Å²) in [6.07, 6.45) is 3.22. The number of sulfonamides is 1. The number of rotatable bonds is 4. The monoisotopic (exact) mass is 347 g/mol. The standard InChI is InChI=1S/C16H14ClN3O2S/c1-11-2-4-13(9-14(11)17)23(21,22)20-10-12-3-5-15-16(8-12)19-7-6-18-15/h2-9,20H,10H2,1H3. The molecule has 3 rings (SSSR count). The van der Waals surface area contributed by atoms with Crippen LogP contribution in [0.4, 0.5) is 0 Å². The maximum atomic E-state index is 12.3. The highest BCUT2D eigenvalue weighted by Gasteiger charge is 2.15. The van der Waals surface area contributed by atoms with Crippen LogP contribution in [0.5, 0.6) is 0 Å². The van der Waals surface area contributed by atoms with Gasteiger partial charge in [0, 0.05) is 24.0 Å². The Morgan fingerprint density at radius 1 is 1.04 bits per heavy atom. The Hall–Kier alpha value is -2.02. The van der Waals surface area contributed by atoms with Crippen molar-refractivity contribution in [2.45, 2.75) is 18.4 Å². The van der Waals surface area contributed by atoms with E-state index in [2.05, 4.69) is 14.7 Å². The molecule has 23 heavy (non-hydrogen) atoms. The van der Waals surface area contributed by atoms with E-state index in [4.69, 9.17) is 11.6 Å². The Bertz CT molecular complexity index is 974. The van der Waals surface area contributed by atoms with Crippen molar-refractivity contribution in [3.63, 3.8) is 0 Å². The summed E-state index contributed by atoms with van der Waals surface area (Å²) in [5.74, 6) is 0. The van der Waals surface area contributed by atoms with Gasteiger partial charge < -0.3 is 0 Å². The number of aromatic nitrogens is 2. The predicted octanol–water partition coefficient (Wildman–Crippen LogP) is 3.07. The van der Waals surface area contributed by atoms with Crippen LogP contribution in [0.3, 0.4) is 0 Å². The zero-order valence-electron chi connectivity index (χ0n) is 12.3. The average molecular weight is 348 g/mol. The van der Waals surface area contributed by atoms with Gasteiger partial charge in [-0.05, 0) is 42.3 Å². The van der Waals surface area contributed by atoms with Gasteiger partial charge in [0.1, 0.15) is 0 Å². The maximum Gasteiger partial charge on any atom is 0.240 e. The summed E-state index contributed by atoms with van der Waals surface area (Å²) in [6, 6.07) is 10.1. The maximum absolute atomic E-state index is 12.3. The van der Waals surface area contributed by atoms with Gasteiger partial charge in [0.2, 0.25) is 10.0 Å². The second-order valence-electron chi connectivity index (χ2n) is 5.11. The fraction of sp³-hybridized carbons (Fsp3) is 0.125. The lowest BCUT2D eigenvalue weighted by Crippen LogP contribution is -2.23. The fourth-order valence-electron chi connectivity index (χ4n) is 2.12. The van der Waals surface area contributed by atoms with Crippen molar-refractivity contribution in [3.05, 3.63) is 64.9 Å². The molecular weight excluding hydrogens is 334 g/mol. The minimum absolute atomic E-state index is 0.147. The Balaban J connectivity index is 1.81. The minimum Gasteiger partial charge on any atom is -0.253 e. The van der Waals surface area contributed by atoms with E-state index in [1.165, 1.54) is 12.1 Å². The quantitative estimate of drug-likeness (QED) is 0.787. The molecule has 0 saturated carbocycles. The molecule has 1 aromatic heterocycles. The molecule has 0 spiro atoms. The number of fused-ring (bicyclic) bond motifs is 1. The SMILES string of the molecule is Cc1ccc(S(=O)(=O)NCc2ccc3nccnc3c2)cc1Cl. The second kappa shape index (κ2) is 6.23. The van der Waals surface area contributed by atoms with Gasteiger partial charge in [-0.25, -0.2) is 13.1 Å². The molecule has 1 N–H and O–H groups in total. The number of aryl methyl sites for hydroxylation is 1. The number of nitrogens with zero attached hydrogens (tertiary/aromatic N) is 2. The second-order valence-corrected chi connectivity index (χ2v) is 7.29. The number of hydrogen-bond donors (Lipinski definition) is 1. The fourth-order valence-corrected chi connectivity index (χ4v) is 3.41. The third kappa shape index (κ3) is 3.50. The van der Waals surface area contributed by atoms with Crippen LogP contribution in [-0.2, 0) is 16.6 Å². The molecule has 0 aliphatic carbocycles. The summed E-state index contributed by atoms with van der Waals surface area (Å²) in [5.41, 5.74) is 3.13. The normalized spacial score (nSPS) is 11.7. The minimum atomic E-state index is -3.62. The van der Waals surface area contributed by atoms with Crippen molar-refractivity contribution in [1.29, 1.82) is 0 Å². The first-order valence-electron chi connectivity index (χ1n) is 6.91. The summed E-state index contributed by atoms with van der Waals surface area (Å²) in [7, 11) is -3.62. The molecule has 0 saturated heterocycles. The molecule has 0 aliphatic rings. The third-order valence-corrected chi connectivity index (χ3v) is 5.26. The van der Waals surface area contributed by atoms with Crippen molar-refractivity contribution in [1.82, 2.24) is 14.7 Å². The summed E-state index contributed by atoms with van der Waals surface area (Å²) in [4.78, 5) is 8.54. The van der Waals surface area contributed by atoms with Crippen molar-refractivity contribution in [2.24, 2.45) is 0 Å². The smallest absolute Gasteiger partial charge is 0.240 e. The first-order chi connectivity index (χ1) is 11.0. The van der Waals surface area contributed by atoms with Crippen LogP contribution in [0, 0.1) is 6.92 Å². The molecular formula is C16H14ClN3O2S. The van der Waals surface area contributed by atoms with Crippen molar-refractivity contribution in [3.8, 4) is 0 Å². The van der Waals surface area contributed by atoms with Gasteiger partial charge in [0.15, 0.2) is 0 Å². The van der Waals surface area contributed by atoms with Crippen molar-refractivity contribution in [2.75, 3.05) is 0 Å². The van der Waals surface area contributed by atoms with E-state index in [0.29, 0.717) is 5.02 Å². The van der Waals surface area contributed by atoms with Crippen LogP contribution in [0.2, 0.25) is 5.02 Å². The molecule has 7 heteroatoms. The summed E-state index contributed by atoms with van der Waals surface area (Å²) < 4.78 is 27.2. The van der Waals surface area contributed by atoms with Gasteiger partial charge >= 0.3 is 0 Å². The molecule has 0 unspecified atom stereocenters. The third-order valence-electron chi connectivity index (χ3n) is 3.45. The number of halogens is 1. The molecule has 0 aliphatic heterocycles. The van der Waals surface area contributed by atoms with Crippen molar-refractivity contribution >= 4 is 32.7 Å².